The second-order valence-corrected chi connectivity index (χ2v) is 11.5. The topological polar surface area (TPSA) is 123 Å². The molecule has 1 aliphatic heterocycles. The van der Waals surface area contributed by atoms with Crippen LogP contribution in [-0.2, 0) is 27.3 Å². The number of nitrogens with zero attached hydrogens (tertiary/aromatic N) is 3. The third-order valence-electron chi connectivity index (χ3n) is 6.95. The Hall–Kier alpha value is -4.25. The largest absolute Gasteiger partial charge is 0.462 e. The summed E-state index contributed by atoms with van der Waals surface area (Å²) in [5.74, 6) is -1.02. The van der Waals surface area contributed by atoms with Gasteiger partial charge in [0.25, 0.3) is 5.91 Å². The van der Waals surface area contributed by atoms with Gasteiger partial charge in [-0.15, -0.1) is 0 Å². The van der Waals surface area contributed by atoms with Crippen molar-refractivity contribution >= 4 is 52.1 Å². The van der Waals surface area contributed by atoms with E-state index in [0.29, 0.717) is 26.7 Å². The van der Waals surface area contributed by atoms with Crippen LogP contribution in [0.5, 0.6) is 0 Å². The van der Waals surface area contributed by atoms with Crippen LogP contribution in [0.2, 0.25) is 5.02 Å². The third kappa shape index (κ3) is 6.72. The van der Waals surface area contributed by atoms with Crippen LogP contribution in [0.4, 0.5) is 5.69 Å². The predicted molar refractivity (Wildman–Crippen MR) is 166 cm³/mol. The number of ether oxygens (including phenoxy) is 1. The van der Waals surface area contributed by atoms with E-state index in [9.17, 15) is 19.5 Å². The fraction of sp³-hybridized carbons (Fsp3) is 0.219. The van der Waals surface area contributed by atoms with E-state index in [4.69, 9.17) is 16.3 Å². The Kier molecular flexibility index (Phi) is 9.10. The molecule has 0 radical (unpaired) electrons. The van der Waals surface area contributed by atoms with Crippen LogP contribution in [0.3, 0.4) is 0 Å². The average Bonchev–Trinajstić information content (AvgIpc) is 3.36. The first-order chi connectivity index (χ1) is 20.6. The van der Waals surface area contributed by atoms with Crippen molar-refractivity contribution in [3.05, 3.63) is 110 Å². The van der Waals surface area contributed by atoms with Gasteiger partial charge in [-0.1, -0.05) is 59.6 Å². The summed E-state index contributed by atoms with van der Waals surface area (Å²) in [4.78, 5) is 48.5. The lowest BCUT2D eigenvalue weighted by atomic mass is 10.00. The highest BCUT2D eigenvalue weighted by Gasteiger charge is 2.32. The number of aromatic nitrogens is 3. The highest BCUT2D eigenvalue weighted by molar-refractivity contribution is 7.99. The zero-order valence-electron chi connectivity index (χ0n) is 23.8. The number of para-hydroxylation sites is 1. The summed E-state index contributed by atoms with van der Waals surface area (Å²) >= 11 is 7.12. The van der Waals surface area contributed by atoms with E-state index in [0.717, 1.165) is 28.5 Å². The molecule has 1 aliphatic rings. The number of carbonyl (C=O) groups excluding carboxylic acids is 2. The van der Waals surface area contributed by atoms with Gasteiger partial charge in [0.05, 0.1) is 18.8 Å². The number of hydrogen-bond acceptors (Lipinski definition) is 8. The number of rotatable bonds is 9. The Morgan fingerprint density at radius 2 is 1.84 bits per heavy atom. The van der Waals surface area contributed by atoms with Gasteiger partial charge in [0.1, 0.15) is 11.7 Å². The molecular formula is C32H29ClN4O5S. The monoisotopic (exact) mass is 616 g/mol. The summed E-state index contributed by atoms with van der Waals surface area (Å²) in [6.45, 7) is 5.88. The smallest absolute Gasteiger partial charge is 0.352 e. The molecule has 43 heavy (non-hydrogen) atoms. The fourth-order valence-corrected chi connectivity index (χ4v) is 5.77. The molecule has 0 aliphatic carbocycles. The second kappa shape index (κ2) is 12.9. The maximum atomic E-state index is 13.1. The van der Waals surface area contributed by atoms with Gasteiger partial charge >= 0.3 is 11.7 Å². The maximum absolute atomic E-state index is 13.1. The first kappa shape index (κ1) is 30.2. The van der Waals surface area contributed by atoms with Crippen molar-refractivity contribution in [2.24, 2.45) is 0 Å². The Morgan fingerprint density at radius 1 is 1.09 bits per heavy atom. The molecule has 5 rings (SSSR count). The summed E-state index contributed by atoms with van der Waals surface area (Å²) in [6.07, 6.45) is -1.11. The molecule has 0 spiro atoms. The molecule has 1 aromatic heterocycles. The van der Waals surface area contributed by atoms with Crippen molar-refractivity contribution in [1.29, 1.82) is 0 Å². The second-order valence-electron chi connectivity index (χ2n) is 10.0. The van der Waals surface area contributed by atoms with Gasteiger partial charge in [0, 0.05) is 16.3 Å². The van der Waals surface area contributed by atoms with Crippen LogP contribution in [-0.4, -0.2) is 44.2 Å². The first-order valence-corrected chi connectivity index (χ1v) is 14.8. The van der Waals surface area contributed by atoms with Crippen LogP contribution in [0.15, 0.2) is 81.6 Å². The van der Waals surface area contributed by atoms with Crippen LogP contribution < -0.4 is 11.0 Å². The van der Waals surface area contributed by atoms with Gasteiger partial charge in [-0.25, -0.2) is 14.6 Å². The minimum absolute atomic E-state index is 0.0907. The van der Waals surface area contributed by atoms with Crippen molar-refractivity contribution in [3.63, 3.8) is 0 Å². The van der Waals surface area contributed by atoms with E-state index >= 15 is 0 Å². The standard InChI is InChI=1S/C32H29ClN4O5S/c1-4-42-30(40)27-23(20-11-13-22(33)14-12-20)17-37-28(27)35-31(36-32(37)41)43-26-8-6-5-7-24(26)34-29(39)25(38)16-21-10-9-18(2)15-19(21)3/h5-15,25,38H,4,16-17H2,1-3H3,(H,34,39). The maximum Gasteiger partial charge on any atom is 0.352 e. The number of hydrogen-bond donors (Lipinski definition) is 2. The van der Waals surface area contributed by atoms with Gasteiger partial charge in [-0.3, -0.25) is 9.36 Å². The summed E-state index contributed by atoms with van der Waals surface area (Å²) in [5, 5.41) is 14.1. The number of nitrogens with one attached hydrogen (secondary N) is 1. The van der Waals surface area contributed by atoms with Crippen molar-refractivity contribution < 1.29 is 19.4 Å². The zero-order chi connectivity index (χ0) is 30.7. The molecule has 1 unspecified atom stereocenters. The number of benzene rings is 3. The highest BCUT2D eigenvalue weighted by atomic mass is 35.5. The lowest BCUT2D eigenvalue weighted by Crippen LogP contribution is -2.30. The Bertz CT molecular complexity index is 1800. The number of fused-ring (bicyclic) bond motifs is 1. The molecule has 4 aromatic rings. The molecule has 3 aromatic carbocycles. The average molecular weight is 617 g/mol. The number of esters is 1. The molecule has 1 atom stereocenters. The van der Waals surface area contributed by atoms with E-state index in [2.05, 4.69) is 15.3 Å². The molecule has 0 bridgehead atoms. The van der Waals surface area contributed by atoms with Crippen LogP contribution in [0, 0.1) is 13.8 Å². The minimum Gasteiger partial charge on any atom is -0.462 e. The molecule has 0 saturated carbocycles. The van der Waals surface area contributed by atoms with Gasteiger partial charge < -0.3 is 15.2 Å². The van der Waals surface area contributed by atoms with E-state index in [-0.39, 0.29) is 36.1 Å². The van der Waals surface area contributed by atoms with Crippen LogP contribution in [0.25, 0.3) is 11.1 Å². The van der Waals surface area contributed by atoms with E-state index in [1.54, 1.807) is 55.5 Å². The number of aliphatic hydroxyl groups excluding tert-OH is 1. The molecule has 9 nitrogen and oxygen atoms in total. The van der Waals surface area contributed by atoms with E-state index < -0.39 is 23.7 Å². The van der Waals surface area contributed by atoms with Crippen molar-refractivity contribution in [2.45, 2.75) is 49.9 Å². The molecule has 220 valence electrons. The third-order valence-corrected chi connectivity index (χ3v) is 8.15. The predicted octanol–water partition coefficient (Wildman–Crippen LogP) is 5.09. The number of amides is 1. The summed E-state index contributed by atoms with van der Waals surface area (Å²) in [6, 6.07) is 19.7. The minimum atomic E-state index is -1.27. The molecule has 1 amide bonds. The van der Waals surface area contributed by atoms with Crippen LogP contribution >= 0.6 is 23.4 Å². The lowest BCUT2D eigenvalue weighted by Gasteiger charge is -2.15. The van der Waals surface area contributed by atoms with Gasteiger partial charge in [0.15, 0.2) is 11.0 Å². The van der Waals surface area contributed by atoms with Crippen molar-refractivity contribution in [2.75, 3.05) is 11.9 Å². The molecule has 11 heteroatoms. The molecule has 2 heterocycles. The lowest BCUT2D eigenvalue weighted by molar-refractivity contribution is -0.136. The van der Waals surface area contributed by atoms with Gasteiger partial charge in [-0.05, 0) is 79.1 Å². The number of anilines is 1. The number of aliphatic hydroxyl groups is 1. The Balaban J connectivity index is 1.42. The fourth-order valence-electron chi connectivity index (χ4n) is 4.81. The first-order valence-electron chi connectivity index (χ1n) is 13.6. The molecule has 0 fully saturated rings. The Morgan fingerprint density at radius 3 is 2.56 bits per heavy atom. The molecule has 2 N–H and O–H groups in total. The quantitative estimate of drug-likeness (QED) is 0.249. The van der Waals surface area contributed by atoms with E-state index in [1.165, 1.54) is 4.57 Å². The van der Waals surface area contributed by atoms with Crippen LogP contribution in [0.1, 0.15) is 35.0 Å². The Labute approximate surface area is 257 Å². The zero-order valence-corrected chi connectivity index (χ0v) is 25.3. The number of carbonyl (C=O) groups is 2. The van der Waals surface area contributed by atoms with Gasteiger partial charge in [-0.2, -0.15) is 4.98 Å². The SMILES string of the molecule is CCOC(=O)C1=C(c2ccc(Cl)cc2)Cn2c1nc(Sc1ccccc1NC(=O)C(O)Cc1ccc(C)cc1C)nc2=O. The number of aryl methyl sites for hydroxylation is 2. The summed E-state index contributed by atoms with van der Waals surface area (Å²) in [7, 11) is 0. The highest BCUT2D eigenvalue weighted by Crippen LogP contribution is 2.36. The summed E-state index contributed by atoms with van der Waals surface area (Å²) < 4.78 is 6.65. The summed E-state index contributed by atoms with van der Waals surface area (Å²) in [5.41, 5.74) is 4.29. The number of allylic oxidation sites excluding steroid dienone is 1. The van der Waals surface area contributed by atoms with Crippen molar-refractivity contribution in [1.82, 2.24) is 14.5 Å². The van der Waals surface area contributed by atoms with Gasteiger partial charge in [0.2, 0.25) is 0 Å². The number of halogens is 1. The van der Waals surface area contributed by atoms with Crippen molar-refractivity contribution in [3.8, 4) is 0 Å². The van der Waals surface area contributed by atoms with E-state index in [1.807, 2.05) is 32.0 Å². The normalized spacial score (nSPS) is 13.0. The molecular weight excluding hydrogens is 588 g/mol. The molecule has 0 saturated heterocycles.